The highest BCUT2D eigenvalue weighted by Crippen LogP contribution is 2.30. The number of hydrogen-bond acceptors (Lipinski definition) is 7. The molecule has 0 spiro atoms. The van der Waals surface area contributed by atoms with Crippen molar-refractivity contribution in [1.82, 2.24) is 16.3 Å². The lowest BCUT2D eigenvalue weighted by atomic mass is 9.93. The van der Waals surface area contributed by atoms with Crippen LogP contribution in [0.3, 0.4) is 0 Å². The van der Waals surface area contributed by atoms with Crippen molar-refractivity contribution in [3.8, 4) is 0 Å². The fraction of sp³-hybridized carbons (Fsp3) is 0.167. The van der Waals surface area contributed by atoms with Gasteiger partial charge in [-0.15, -0.1) is 0 Å². The van der Waals surface area contributed by atoms with Gasteiger partial charge in [0.1, 0.15) is 10.8 Å². The molecule has 1 heterocycles. The third-order valence-corrected chi connectivity index (χ3v) is 6.56. The summed E-state index contributed by atoms with van der Waals surface area (Å²) in [6, 6.07) is 7.96. The van der Waals surface area contributed by atoms with Crippen LogP contribution in [0.5, 0.6) is 0 Å². The van der Waals surface area contributed by atoms with Gasteiger partial charge in [0.15, 0.2) is 5.76 Å². The van der Waals surface area contributed by atoms with Gasteiger partial charge in [0.05, 0.1) is 21.2 Å². The zero-order valence-electron chi connectivity index (χ0n) is 19.6. The molecule has 0 unspecified atom stereocenters. The molecule has 0 radical (unpaired) electrons. The third kappa shape index (κ3) is 5.64. The van der Waals surface area contributed by atoms with E-state index in [0.29, 0.717) is 46.9 Å². The highest BCUT2D eigenvalue weighted by atomic mass is 35.5. The van der Waals surface area contributed by atoms with E-state index < -0.39 is 28.3 Å². The number of furan rings is 1. The Balaban J connectivity index is 1.49. The van der Waals surface area contributed by atoms with E-state index in [0.717, 1.165) is 6.07 Å². The van der Waals surface area contributed by atoms with Crippen molar-refractivity contribution in [3.63, 3.8) is 0 Å². The van der Waals surface area contributed by atoms with Crippen molar-refractivity contribution < 1.29 is 23.7 Å². The molecule has 3 amide bonds. The van der Waals surface area contributed by atoms with Crippen LogP contribution < -0.4 is 16.3 Å². The first kappa shape index (κ1) is 27.1. The topological polar surface area (TPSA) is 156 Å². The number of hydrogen-bond donors (Lipinski definition) is 3. The lowest BCUT2D eigenvalue weighted by molar-refractivity contribution is -0.384. The normalized spacial score (nSPS) is 13.5. The summed E-state index contributed by atoms with van der Waals surface area (Å²) in [5.41, 5.74) is 8.18. The van der Waals surface area contributed by atoms with Crippen LogP contribution in [0.25, 0.3) is 0 Å². The molecule has 2 aromatic carbocycles. The Morgan fingerprint density at radius 3 is 2.42 bits per heavy atom. The average Bonchev–Trinajstić information content (AvgIpc) is 3.22. The minimum absolute atomic E-state index is 0.00185. The number of benzene rings is 2. The van der Waals surface area contributed by atoms with Crippen molar-refractivity contribution in [2.75, 3.05) is 0 Å². The fourth-order valence-electron chi connectivity index (χ4n) is 3.88. The second-order valence-electron chi connectivity index (χ2n) is 8.16. The van der Waals surface area contributed by atoms with Crippen LogP contribution in [0.15, 0.2) is 45.9 Å². The first-order valence-corrected chi connectivity index (χ1v) is 12.2. The Hall–Kier alpha value is -3.93. The van der Waals surface area contributed by atoms with E-state index in [2.05, 4.69) is 21.4 Å². The molecule has 0 aliphatic heterocycles. The van der Waals surface area contributed by atoms with Gasteiger partial charge in [-0.25, -0.2) is 5.43 Å². The lowest BCUT2D eigenvalue weighted by Gasteiger charge is -2.13. The van der Waals surface area contributed by atoms with E-state index >= 15 is 0 Å². The van der Waals surface area contributed by atoms with Gasteiger partial charge < -0.3 is 4.42 Å². The van der Waals surface area contributed by atoms with E-state index in [9.17, 15) is 24.5 Å². The molecular weight excluding hydrogens is 561 g/mol. The SMILES string of the molecule is Cc1c(C(=O)NNC(=O)c2ccc(Cl)cc2Cl)oc2c1/C(=N/NC(=O)c1ccc(Cl)c([N+](=O)[O-])c1)CCC2. The molecule has 38 heavy (non-hydrogen) atoms. The van der Waals surface area contributed by atoms with Crippen LogP contribution >= 0.6 is 34.8 Å². The van der Waals surface area contributed by atoms with Crippen LogP contribution in [0.1, 0.15) is 61.0 Å². The first-order valence-electron chi connectivity index (χ1n) is 11.1. The average molecular weight is 579 g/mol. The number of hydrazine groups is 1. The molecule has 196 valence electrons. The maximum atomic E-state index is 12.8. The smallest absolute Gasteiger partial charge is 0.305 e. The van der Waals surface area contributed by atoms with E-state index in [1.807, 2.05) is 0 Å². The fourth-order valence-corrected chi connectivity index (χ4v) is 4.57. The summed E-state index contributed by atoms with van der Waals surface area (Å²) in [7, 11) is 0. The Kier molecular flexibility index (Phi) is 8.00. The number of hydrazone groups is 1. The number of nitrogens with one attached hydrogen (secondary N) is 3. The number of carbonyl (C=O) groups is 3. The van der Waals surface area contributed by atoms with Crippen LogP contribution in [0, 0.1) is 17.0 Å². The number of nitro benzene ring substituents is 1. The van der Waals surface area contributed by atoms with Crippen molar-refractivity contribution in [1.29, 1.82) is 0 Å². The first-order chi connectivity index (χ1) is 18.1. The quantitative estimate of drug-likeness (QED) is 0.286. The summed E-state index contributed by atoms with van der Waals surface area (Å²) in [6.07, 6.45) is 1.67. The molecule has 1 aliphatic carbocycles. The molecule has 0 fully saturated rings. The Morgan fingerprint density at radius 1 is 0.974 bits per heavy atom. The molecule has 14 heteroatoms. The van der Waals surface area contributed by atoms with Gasteiger partial charge in [0.2, 0.25) is 0 Å². The molecule has 3 aromatic rings. The van der Waals surface area contributed by atoms with Crippen molar-refractivity contribution in [3.05, 3.63) is 95.4 Å². The Labute approximate surface area is 230 Å². The van der Waals surface area contributed by atoms with E-state index in [1.54, 1.807) is 6.92 Å². The number of amides is 3. The van der Waals surface area contributed by atoms with Crippen LogP contribution in [-0.4, -0.2) is 28.4 Å². The molecule has 0 atom stereocenters. The molecular formula is C24H18Cl3N5O6. The summed E-state index contributed by atoms with van der Waals surface area (Å²) in [5, 5.41) is 15.7. The standard InChI is InChI=1S/C24H18Cl3N5O6/c1-11-20-17(28-29-22(33)12-5-8-15(26)18(9-12)32(36)37)3-2-4-19(20)38-21(11)24(35)31-30-23(34)14-7-6-13(25)10-16(14)27/h5-10H,2-4H2,1H3,(H,29,33)(H,30,34)(H,31,35)/b28-17+. The maximum absolute atomic E-state index is 12.8. The lowest BCUT2D eigenvalue weighted by Crippen LogP contribution is -2.41. The third-order valence-electron chi connectivity index (χ3n) is 5.69. The number of rotatable bonds is 5. The molecule has 1 aliphatic rings. The summed E-state index contributed by atoms with van der Waals surface area (Å²) in [6.45, 7) is 1.65. The minimum Gasteiger partial charge on any atom is -0.455 e. The number of aryl methyl sites for hydroxylation is 1. The van der Waals surface area contributed by atoms with E-state index in [1.165, 1.54) is 30.3 Å². The molecule has 0 saturated heterocycles. The molecule has 0 saturated carbocycles. The number of nitrogens with zero attached hydrogens (tertiary/aromatic N) is 2. The highest BCUT2D eigenvalue weighted by Gasteiger charge is 2.28. The predicted molar refractivity (Wildman–Crippen MR) is 140 cm³/mol. The monoisotopic (exact) mass is 577 g/mol. The minimum atomic E-state index is -0.702. The second kappa shape index (κ2) is 11.2. The number of fused-ring (bicyclic) bond motifs is 1. The zero-order valence-corrected chi connectivity index (χ0v) is 21.8. The molecule has 0 bridgehead atoms. The van der Waals surface area contributed by atoms with Gasteiger partial charge in [-0.1, -0.05) is 34.8 Å². The van der Waals surface area contributed by atoms with Gasteiger partial charge in [-0.2, -0.15) is 5.10 Å². The Bertz CT molecular complexity index is 1520. The van der Waals surface area contributed by atoms with Crippen LogP contribution in [0.2, 0.25) is 15.1 Å². The van der Waals surface area contributed by atoms with Crippen molar-refractivity contribution >= 4 is 63.9 Å². The largest absolute Gasteiger partial charge is 0.455 e. The van der Waals surface area contributed by atoms with Crippen molar-refractivity contribution in [2.24, 2.45) is 5.10 Å². The van der Waals surface area contributed by atoms with Gasteiger partial charge >= 0.3 is 5.91 Å². The summed E-state index contributed by atoms with van der Waals surface area (Å²) < 4.78 is 5.76. The number of nitro groups is 1. The highest BCUT2D eigenvalue weighted by molar-refractivity contribution is 6.36. The maximum Gasteiger partial charge on any atom is 0.305 e. The predicted octanol–water partition coefficient (Wildman–Crippen LogP) is 5.00. The van der Waals surface area contributed by atoms with E-state index in [-0.39, 0.29) is 26.9 Å². The molecule has 4 rings (SSSR count). The van der Waals surface area contributed by atoms with Crippen LogP contribution in [-0.2, 0) is 6.42 Å². The van der Waals surface area contributed by atoms with E-state index in [4.69, 9.17) is 39.2 Å². The van der Waals surface area contributed by atoms with Gasteiger partial charge in [-0.05, 0) is 50.1 Å². The molecule has 11 nitrogen and oxygen atoms in total. The number of halogens is 3. The van der Waals surface area contributed by atoms with Gasteiger partial charge in [0.25, 0.3) is 17.5 Å². The second-order valence-corrected chi connectivity index (χ2v) is 9.41. The van der Waals surface area contributed by atoms with Gasteiger partial charge in [-0.3, -0.25) is 35.3 Å². The zero-order chi connectivity index (χ0) is 27.6. The van der Waals surface area contributed by atoms with Gasteiger partial charge in [0, 0.05) is 34.2 Å². The van der Waals surface area contributed by atoms with Crippen LogP contribution in [0.4, 0.5) is 5.69 Å². The number of carbonyl (C=O) groups excluding carboxylic acids is 3. The molecule has 1 aromatic heterocycles. The summed E-state index contributed by atoms with van der Waals surface area (Å²) >= 11 is 17.7. The summed E-state index contributed by atoms with van der Waals surface area (Å²) in [4.78, 5) is 48.2. The molecule has 3 N–H and O–H groups in total. The van der Waals surface area contributed by atoms with Crippen molar-refractivity contribution in [2.45, 2.75) is 26.2 Å². The summed E-state index contributed by atoms with van der Waals surface area (Å²) in [5.74, 6) is -1.56. The Morgan fingerprint density at radius 2 is 1.71 bits per heavy atom.